The van der Waals surface area contributed by atoms with Gasteiger partial charge in [-0.3, -0.25) is 4.79 Å². The van der Waals surface area contributed by atoms with E-state index in [2.05, 4.69) is 16.3 Å². The molecule has 0 aliphatic carbocycles. The topological polar surface area (TPSA) is 61.8 Å². The summed E-state index contributed by atoms with van der Waals surface area (Å²) < 4.78 is 5.52. The molecule has 2 aromatic carbocycles. The summed E-state index contributed by atoms with van der Waals surface area (Å²) in [7, 11) is 0. The molecule has 142 valence electrons. The number of nitrogens with one attached hydrogen (secondary N) is 1. The molecular formula is C22H26N2O3. The zero-order chi connectivity index (χ0) is 19.1. The van der Waals surface area contributed by atoms with Gasteiger partial charge in [-0.25, -0.2) is 0 Å². The quantitative estimate of drug-likeness (QED) is 0.772. The fourth-order valence-electron chi connectivity index (χ4n) is 3.14. The number of aliphatic hydroxyl groups is 1. The fourth-order valence-corrected chi connectivity index (χ4v) is 3.14. The molecule has 5 nitrogen and oxygen atoms in total. The molecule has 1 heterocycles. The summed E-state index contributed by atoms with van der Waals surface area (Å²) >= 11 is 0. The van der Waals surface area contributed by atoms with Crippen LogP contribution in [0.5, 0.6) is 0 Å². The molecule has 1 aliphatic rings. The van der Waals surface area contributed by atoms with Crippen molar-refractivity contribution in [1.29, 1.82) is 0 Å². The van der Waals surface area contributed by atoms with Crippen molar-refractivity contribution in [3.05, 3.63) is 71.8 Å². The Morgan fingerprint density at radius 3 is 2.89 bits per heavy atom. The van der Waals surface area contributed by atoms with Crippen LogP contribution in [-0.2, 0) is 9.53 Å². The summed E-state index contributed by atoms with van der Waals surface area (Å²) in [6, 6.07) is 17.8. The van der Waals surface area contributed by atoms with Gasteiger partial charge in [0.05, 0.1) is 25.4 Å². The molecule has 5 heteroatoms. The van der Waals surface area contributed by atoms with E-state index in [0.717, 1.165) is 23.4 Å². The van der Waals surface area contributed by atoms with Gasteiger partial charge in [0.15, 0.2) is 0 Å². The van der Waals surface area contributed by atoms with Crippen molar-refractivity contribution < 1.29 is 14.6 Å². The third-order valence-electron chi connectivity index (χ3n) is 4.66. The van der Waals surface area contributed by atoms with E-state index in [1.54, 1.807) is 12.2 Å². The van der Waals surface area contributed by atoms with Crippen LogP contribution in [0.3, 0.4) is 0 Å². The van der Waals surface area contributed by atoms with Crippen molar-refractivity contribution in [3.8, 4) is 0 Å². The molecule has 2 N–H and O–H groups in total. The normalized spacial score (nSPS) is 18.4. The van der Waals surface area contributed by atoms with Gasteiger partial charge in [-0.15, -0.1) is 0 Å². The van der Waals surface area contributed by atoms with Gasteiger partial charge in [-0.05, 0) is 36.3 Å². The lowest BCUT2D eigenvalue weighted by Crippen LogP contribution is -2.44. The Morgan fingerprint density at radius 1 is 1.30 bits per heavy atom. The average molecular weight is 366 g/mol. The van der Waals surface area contributed by atoms with Crippen LogP contribution in [-0.4, -0.2) is 43.4 Å². The Morgan fingerprint density at radius 2 is 2.11 bits per heavy atom. The number of benzene rings is 2. The van der Waals surface area contributed by atoms with E-state index in [0.29, 0.717) is 13.2 Å². The number of hydrogen-bond donors (Lipinski definition) is 2. The van der Waals surface area contributed by atoms with Crippen molar-refractivity contribution in [2.45, 2.75) is 19.1 Å². The first kappa shape index (κ1) is 19.1. The summed E-state index contributed by atoms with van der Waals surface area (Å²) in [6.45, 7) is 4.06. The Kier molecular flexibility index (Phi) is 6.63. The minimum absolute atomic E-state index is 0.0242. The SMILES string of the molecule is C[C@@H](NC(=O)/C=C/c1ccccc1)c1cccc(N2CCOC(CO)C2)c1. The highest BCUT2D eigenvalue weighted by Gasteiger charge is 2.20. The van der Waals surface area contributed by atoms with Gasteiger partial charge in [0, 0.05) is 24.9 Å². The molecule has 0 spiro atoms. The molecule has 0 bridgehead atoms. The maximum Gasteiger partial charge on any atom is 0.244 e. The molecule has 0 saturated carbocycles. The Balaban J connectivity index is 1.62. The third kappa shape index (κ3) is 5.42. The number of amides is 1. The van der Waals surface area contributed by atoms with Crippen molar-refractivity contribution >= 4 is 17.7 Å². The molecule has 2 atom stereocenters. The van der Waals surface area contributed by atoms with Gasteiger partial charge < -0.3 is 20.1 Å². The molecule has 3 rings (SSSR count). The van der Waals surface area contributed by atoms with Crippen molar-refractivity contribution in [2.24, 2.45) is 0 Å². The number of hydrogen-bond acceptors (Lipinski definition) is 4. The second kappa shape index (κ2) is 9.35. The molecule has 1 saturated heterocycles. The van der Waals surface area contributed by atoms with Gasteiger partial charge in [0.2, 0.25) is 5.91 Å². The molecule has 1 unspecified atom stereocenters. The average Bonchev–Trinajstić information content (AvgIpc) is 2.73. The first-order valence-electron chi connectivity index (χ1n) is 9.26. The van der Waals surface area contributed by atoms with Crippen LogP contribution in [0, 0.1) is 0 Å². The van der Waals surface area contributed by atoms with Crippen LogP contribution in [0.25, 0.3) is 6.08 Å². The first-order valence-corrected chi connectivity index (χ1v) is 9.26. The van der Waals surface area contributed by atoms with E-state index < -0.39 is 0 Å². The minimum atomic E-state index is -0.150. The molecule has 2 aromatic rings. The van der Waals surface area contributed by atoms with Gasteiger partial charge >= 0.3 is 0 Å². The zero-order valence-corrected chi connectivity index (χ0v) is 15.5. The van der Waals surface area contributed by atoms with E-state index >= 15 is 0 Å². The smallest absolute Gasteiger partial charge is 0.244 e. The summed E-state index contributed by atoms with van der Waals surface area (Å²) in [5.41, 5.74) is 3.12. The number of rotatable bonds is 6. The molecule has 27 heavy (non-hydrogen) atoms. The van der Waals surface area contributed by atoms with E-state index in [1.807, 2.05) is 55.5 Å². The molecular weight excluding hydrogens is 340 g/mol. The number of ether oxygens (including phenoxy) is 1. The zero-order valence-electron chi connectivity index (χ0n) is 15.5. The van der Waals surface area contributed by atoms with Crippen molar-refractivity contribution in [2.75, 3.05) is 31.2 Å². The Labute approximate surface area is 160 Å². The number of carbonyl (C=O) groups is 1. The standard InChI is InChI=1S/C22H26N2O3/c1-17(23-22(26)11-10-18-6-3-2-4-7-18)19-8-5-9-20(14-19)24-12-13-27-21(15-24)16-25/h2-11,14,17,21,25H,12-13,15-16H2,1H3,(H,23,26)/b11-10+/t17-,21?/m1/s1. The number of nitrogens with zero attached hydrogens (tertiary/aromatic N) is 1. The van der Waals surface area contributed by atoms with E-state index in [4.69, 9.17) is 4.74 Å². The summed E-state index contributed by atoms with van der Waals surface area (Å²) in [4.78, 5) is 14.4. The minimum Gasteiger partial charge on any atom is -0.394 e. The van der Waals surface area contributed by atoms with Crippen LogP contribution >= 0.6 is 0 Å². The second-order valence-electron chi connectivity index (χ2n) is 6.69. The van der Waals surface area contributed by atoms with Crippen molar-refractivity contribution in [3.63, 3.8) is 0 Å². The maximum atomic E-state index is 12.2. The largest absolute Gasteiger partial charge is 0.394 e. The van der Waals surface area contributed by atoms with Gasteiger partial charge in [0.25, 0.3) is 0 Å². The van der Waals surface area contributed by atoms with Crippen LogP contribution in [0.4, 0.5) is 5.69 Å². The maximum absolute atomic E-state index is 12.2. The summed E-state index contributed by atoms with van der Waals surface area (Å²) in [6.07, 6.45) is 3.22. The van der Waals surface area contributed by atoms with Gasteiger partial charge in [0.1, 0.15) is 0 Å². The summed E-state index contributed by atoms with van der Waals surface area (Å²) in [5.74, 6) is -0.122. The highest BCUT2D eigenvalue weighted by Crippen LogP contribution is 2.22. The lowest BCUT2D eigenvalue weighted by Gasteiger charge is -2.34. The first-order chi connectivity index (χ1) is 13.2. The number of morpholine rings is 1. The van der Waals surface area contributed by atoms with Crippen LogP contribution in [0.15, 0.2) is 60.7 Å². The van der Waals surface area contributed by atoms with E-state index in [1.165, 1.54) is 0 Å². The Hall–Kier alpha value is -2.63. The fraction of sp³-hybridized carbons (Fsp3) is 0.318. The van der Waals surface area contributed by atoms with Crippen LogP contribution in [0.2, 0.25) is 0 Å². The number of anilines is 1. The van der Waals surface area contributed by atoms with Crippen molar-refractivity contribution in [1.82, 2.24) is 5.32 Å². The highest BCUT2D eigenvalue weighted by molar-refractivity contribution is 5.91. The lowest BCUT2D eigenvalue weighted by molar-refractivity contribution is -0.117. The van der Waals surface area contributed by atoms with E-state index in [9.17, 15) is 9.90 Å². The molecule has 1 amide bonds. The molecule has 1 aliphatic heterocycles. The highest BCUT2D eigenvalue weighted by atomic mass is 16.5. The number of aliphatic hydroxyl groups excluding tert-OH is 1. The molecule has 0 aromatic heterocycles. The predicted molar refractivity (Wildman–Crippen MR) is 108 cm³/mol. The van der Waals surface area contributed by atoms with Crippen LogP contribution < -0.4 is 10.2 Å². The third-order valence-corrected chi connectivity index (χ3v) is 4.66. The van der Waals surface area contributed by atoms with Gasteiger partial charge in [-0.2, -0.15) is 0 Å². The van der Waals surface area contributed by atoms with Gasteiger partial charge in [-0.1, -0.05) is 42.5 Å². The van der Waals surface area contributed by atoms with E-state index in [-0.39, 0.29) is 24.7 Å². The monoisotopic (exact) mass is 366 g/mol. The summed E-state index contributed by atoms with van der Waals surface area (Å²) in [5, 5.41) is 12.3. The number of carbonyl (C=O) groups excluding carboxylic acids is 1. The molecule has 1 fully saturated rings. The Bertz CT molecular complexity index is 776. The second-order valence-corrected chi connectivity index (χ2v) is 6.69. The predicted octanol–water partition coefficient (Wildman–Crippen LogP) is 2.77. The van der Waals surface area contributed by atoms with Crippen LogP contribution in [0.1, 0.15) is 24.1 Å². The molecule has 0 radical (unpaired) electrons. The lowest BCUT2D eigenvalue weighted by atomic mass is 10.1.